The normalized spacial score (nSPS) is 17.8. The lowest BCUT2D eigenvalue weighted by atomic mass is 10.1. The van der Waals surface area contributed by atoms with Gasteiger partial charge in [-0.25, -0.2) is 4.79 Å². The van der Waals surface area contributed by atoms with Gasteiger partial charge in [0.2, 0.25) is 0 Å². The first-order chi connectivity index (χ1) is 10.2. The van der Waals surface area contributed by atoms with Crippen LogP contribution in [-0.2, 0) is 14.3 Å². The van der Waals surface area contributed by atoms with Crippen LogP contribution >= 0.6 is 0 Å². The van der Waals surface area contributed by atoms with Crippen LogP contribution in [0, 0.1) is 0 Å². The number of aliphatic carboxylic acids is 1. The summed E-state index contributed by atoms with van der Waals surface area (Å²) in [6, 6.07) is 0. The van der Waals surface area contributed by atoms with Crippen molar-refractivity contribution in [3.05, 3.63) is 23.8 Å². The molecule has 0 aromatic heterocycles. The molecular formula is C15H24O7. The summed E-state index contributed by atoms with van der Waals surface area (Å²) in [5.74, 6) is -1.74. The molecule has 22 heavy (non-hydrogen) atoms. The largest absolute Gasteiger partial charge is 0.481 e. The molecule has 7 heteroatoms. The Morgan fingerprint density at radius 2 is 1.77 bits per heavy atom. The molecule has 0 amide bonds. The molecule has 0 saturated carbocycles. The number of aliphatic hydroxyl groups excluding tert-OH is 3. The molecule has 0 aliphatic rings. The molecule has 0 radical (unpaired) electrons. The molecular weight excluding hydrogens is 292 g/mol. The van der Waals surface area contributed by atoms with Gasteiger partial charge in [0.25, 0.3) is 0 Å². The van der Waals surface area contributed by atoms with Gasteiger partial charge < -0.3 is 25.2 Å². The lowest BCUT2D eigenvalue weighted by molar-refractivity contribution is -0.147. The maximum atomic E-state index is 11.7. The highest BCUT2D eigenvalue weighted by Gasteiger charge is 2.23. The Bertz CT molecular complexity index is 426. The lowest BCUT2D eigenvalue weighted by Gasteiger charge is -2.21. The number of aliphatic hydroxyl groups is 3. The Hall–Kier alpha value is -1.70. The van der Waals surface area contributed by atoms with Crippen LogP contribution < -0.4 is 0 Å². The van der Waals surface area contributed by atoms with E-state index in [9.17, 15) is 24.9 Å². The second-order valence-electron chi connectivity index (χ2n) is 4.96. The first-order valence-electron chi connectivity index (χ1n) is 6.97. The van der Waals surface area contributed by atoms with Crippen molar-refractivity contribution in [3.8, 4) is 0 Å². The predicted molar refractivity (Wildman–Crippen MR) is 79.0 cm³/mol. The first-order valence-corrected chi connectivity index (χ1v) is 6.97. The fraction of sp³-hybridized carbons (Fsp3) is 0.600. The Morgan fingerprint density at radius 3 is 2.23 bits per heavy atom. The summed E-state index contributed by atoms with van der Waals surface area (Å²) in [5, 5.41) is 37.3. The minimum absolute atomic E-state index is 0.114. The molecule has 4 N–H and O–H groups in total. The third-order valence-electron chi connectivity index (χ3n) is 3.02. The molecule has 0 saturated heterocycles. The Balaban J connectivity index is 4.97. The van der Waals surface area contributed by atoms with Gasteiger partial charge >= 0.3 is 11.9 Å². The standard InChI is InChI=1S/C15H24O7/c1-4-9(2)15(21)22-13(7-5-11(17)10(3)16)12(18)6-8-14(19)20/h4-5,7,10-13,16-18H,6,8H2,1-3H3,(H,19,20)/b7-5-,9-4+/t10-,11-,12-,13-/m1/s1. The van der Waals surface area contributed by atoms with E-state index < -0.39 is 36.4 Å². The highest BCUT2D eigenvalue weighted by atomic mass is 16.6. The van der Waals surface area contributed by atoms with Crippen LogP contribution in [0.1, 0.15) is 33.6 Å². The number of carbonyl (C=O) groups excluding carboxylic acids is 1. The molecule has 0 bridgehead atoms. The Morgan fingerprint density at radius 1 is 1.18 bits per heavy atom. The molecule has 0 aliphatic carbocycles. The van der Waals surface area contributed by atoms with E-state index >= 15 is 0 Å². The number of rotatable bonds is 9. The smallest absolute Gasteiger partial charge is 0.334 e. The fourth-order valence-electron chi connectivity index (χ4n) is 1.40. The van der Waals surface area contributed by atoms with Gasteiger partial charge in [0.1, 0.15) is 6.10 Å². The second kappa shape index (κ2) is 10.1. The molecule has 126 valence electrons. The molecule has 0 unspecified atom stereocenters. The average Bonchev–Trinajstić information content (AvgIpc) is 2.46. The van der Waals surface area contributed by atoms with Crippen LogP contribution in [-0.4, -0.2) is 56.8 Å². The summed E-state index contributed by atoms with van der Waals surface area (Å²) in [5.41, 5.74) is 0.333. The van der Waals surface area contributed by atoms with Gasteiger partial charge in [-0.05, 0) is 33.3 Å². The van der Waals surface area contributed by atoms with E-state index in [-0.39, 0.29) is 12.8 Å². The Kier molecular flexibility index (Phi) is 9.32. The molecule has 0 heterocycles. The summed E-state index contributed by atoms with van der Waals surface area (Å²) in [6.45, 7) is 4.57. The van der Waals surface area contributed by atoms with Crippen molar-refractivity contribution < 1.29 is 34.8 Å². The number of carboxylic acids is 1. The fourth-order valence-corrected chi connectivity index (χ4v) is 1.40. The maximum absolute atomic E-state index is 11.7. The van der Waals surface area contributed by atoms with E-state index in [4.69, 9.17) is 9.84 Å². The van der Waals surface area contributed by atoms with Crippen LogP contribution in [0.4, 0.5) is 0 Å². The molecule has 0 spiro atoms. The van der Waals surface area contributed by atoms with E-state index in [0.29, 0.717) is 5.57 Å². The van der Waals surface area contributed by atoms with E-state index in [1.807, 2.05) is 0 Å². The van der Waals surface area contributed by atoms with E-state index in [1.165, 1.54) is 32.1 Å². The van der Waals surface area contributed by atoms with Crippen molar-refractivity contribution in [1.29, 1.82) is 0 Å². The van der Waals surface area contributed by atoms with Crippen molar-refractivity contribution >= 4 is 11.9 Å². The molecule has 0 aromatic rings. The van der Waals surface area contributed by atoms with Gasteiger partial charge in [-0.2, -0.15) is 0 Å². The summed E-state index contributed by atoms with van der Waals surface area (Å²) in [6.07, 6.45) is -0.990. The third kappa shape index (κ3) is 7.92. The predicted octanol–water partition coefficient (Wildman–Crippen LogP) is 0.388. The topological polar surface area (TPSA) is 124 Å². The van der Waals surface area contributed by atoms with Gasteiger partial charge in [-0.15, -0.1) is 0 Å². The monoisotopic (exact) mass is 316 g/mol. The number of allylic oxidation sites excluding steroid dienone is 1. The zero-order valence-electron chi connectivity index (χ0n) is 13.0. The maximum Gasteiger partial charge on any atom is 0.334 e. The number of carboxylic acid groups (broad SMARTS) is 1. The van der Waals surface area contributed by atoms with Gasteiger partial charge in [0, 0.05) is 12.0 Å². The number of carbonyl (C=O) groups is 2. The average molecular weight is 316 g/mol. The quantitative estimate of drug-likeness (QED) is 0.275. The first kappa shape index (κ1) is 20.3. The molecule has 0 fully saturated rings. The number of esters is 1. The zero-order valence-corrected chi connectivity index (χ0v) is 13.0. The van der Waals surface area contributed by atoms with Crippen LogP contribution in [0.2, 0.25) is 0 Å². The summed E-state index contributed by atoms with van der Waals surface area (Å²) in [7, 11) is 0. The number of hydrogen-bond donors (Lipinski definition) is 4. The molecule has 7 nitrogen and oxygen atoms in total. The summed E-state index contributed by atoms with van der Waals surface area (Å²) < 4.78 is 5.10. The molecule has 0 rings (SSSR count). The van der Waals surface area contributed by atoms with E-state index in [2.05, 4.69) is 0 Å². The second-order valence-corrected chi connectivity index (χ2v) is 4.96. The van der Waals surface area contributed by atoms with Crippen LogP contribution in [0.5, 0.6) is 0 Å². The highest BCUT2D eigenvalue weighted by Crippen LogP contribution is 2.12. The van der Waals surface area contributed by atoms with Crippen molar-refractivity contribution in [3.63, 3.8) is 0 Å². The van der Waals surface area contributed by atoms with Crippen molar-refractivity contribution in [2.75, 3.05) is 0 Å². The summed E-state index contributed by atoms with van der Waals surface area (Å²) >= 11 is 0. The van der Waals surface area contributed by atoms with Crippen LogP contribution in [0.3, 0.4) is 0 Å². The van der Waals surface area contributed by atoms with Gasteiger partial charge in [0.05, 0.1) is 18.3 Å². The van der Waals surface area contributed by atoms with Crippen molar-refractivity contribution in [1.82, 2.24) is 0 Å². The van der Waals surface area contributed by atoms with E-state index in [1.54, 1.807) is 6.92 Å². The third-order valence-corrected chi connectivity index (χ3v) is 3.02. The minimum Gasteiger partial charge on any atom is -0.481 e. The van der Waals surface area contributed by atoms with Crippen LogP contribution in [0.25, 0.3) is 0 Å². The van der Waals surface area contributed by atoms with Crippen molar-refractivity contribution in [2.45, 2.75) is 58.0 Å². The molecule has 4 atom stereocenters. The van der Waals surface area contributed by atoms with Gasteiger partial charge in [-0.3, -0.25) is 4.79 Å². The highest BCUT2D eigenvalue weighted by molar-refractivity contribution is 5.87. The van der Waals surface area contributed by atoms with Crippen LogP contribution in [0.15, 0.2) is 23.8 Å². The lowest BCUT2D eigenvalue weighted by Crippen LogP contribution is -2.31. The SMILES string of the molecule is C/C=C(\C)C(=O)O[C@H](/C=C\[C@@H](O)[C@@H](C)O)[C@H](O)CCC(=O)O. The summed E-state index contributed by atoms with van der Waals surface area (Å²) in [4.78, 5) is 22.3. The Labute approximate surface area is 129 Å². The van der Waals surface area contributed by atoms with E-state index in [0.717, 1.165) is 0 Å². The van der Waals surface area contributed by atoms with Crippen molar-refractivity contribution in [2.24, 2.45) is 0 Å². The zero-order chi connectivity index (χ0) is 17.3. The van der Waals surface area contributed by atoms with Gasteiger partial charge in [-0.1, -0.05) is 12.2 Å². The number of ether oxygens (including phenoxy) is 1. The van der Waals surface area contributed by atoms with Gasteiger partial charge in [0.15, 0.2) is 0 Å². The number of hydrogen-bond acceptors (Lipinski definition) is 6. The molecule has 0 aromatic carbocycles. The molecule has 0 aliphatic heterocycles. The minimum atomic E-state index is -1.23.